The molecule has 0 aliphatic carbocycles. The fourth-order valence-electron chi connectivity index (χ4n) is 2.48. The quantitative estimate of drug-likeness (QED) is 0.573. The Balaban J connectivity index is 0.00000208. The van der Waals surface area contributed by atoms with Crippen LogP contribution in [0.5, 0.6) is 0 Å². The Bertz CT molecular complexity index is 686. The second-order valence-electron chi connectivity index (χ2n) is 5.30. The highest BCUT2D eigenvalue weighted by molar-refractivity contribution is 7.12. The van der Waals surface area contributed by atoms with Crippen molar-refractivity contribution in [2.24, 2.45) is 0 Å². The number of hydrogen-bond donors (Lipinski definition) is 4. The summed E-state index contributed by atoms with van der Waals surface area (Å²) in [4.78, 5) is 24.6. The largest absolute Gasteiger partial charge is 0.351 e. The van der Waals surface area contributed by atoms with Crippen LogP contribution >= 0.6 is 23.7 Å². The lowest BCUT2D eigenvalue weighted by Gasteiger charge is -2.12. The number of carbonyl (C=O) groups excluding carboxylic acids is 2. The first-order chi connectivity index (χ1) is 11.3. The molecule has 2 aromatic heterocycles. The number of carbonyl (C=O) groups is 2. The molecule has 2 amide bonds. The summed E-state index contributed by atoms with van der Waals surface area (Å²) >= 11 is 1.41. The third-order valence-electron chi connectivity index (χ3n) is 3.69. The average molecular weight is 370 g/mol. The molecule has 130 valence electrons. The maximum Gasteiger partial charge on any atom is 0.272 e. The molecule has 4 N–H and O–H groups in total. The summed E-state index contributed by atoms with van der Waals surface area (Å²) in [5.41, 5.74) is 2.46. The molecule has 24 heavy (non-hydrogen) atoms. The SMILES string of the molecule is Cl.O=C(NCCCNC(=O)c1n[nH]c2c1CNCC2)c1cccs1. The summed E-state index contributed by atoms with van der Waals surface area (Å²) in [5, 5.41) is 17.8. The van der Waals surface area contributed by atoms with E-state index < -0.39 is 0 Å². The van der Waals surface area contributed by atoms with Crippen LogP contribution in [0.2, 0.25) is 0 Å². The molecular formula is C15H20ClN5O2S. The number of aromatic amines is 1. The Morgan fingerprint density at radius 3 is 2.79 bits per heavy atom. The molecule has 0 radical (unpaired) electrons. The van der Waals surface area contributed by atoms with Crippen LogP contribution in [0, 0.1) is 0 Å². The molecule has 0 spiro atoms. The van der Waals surface area contributed by atoms with Crippen molar-refractivity contribution in [1.82, 2.24) is 26.1 Å². The van der Waals surface area contributed by atoms with Crippen molar-refractivity contribution >= 4 is 35.6 Å². The third kappa shape index (κ3) is 4.34. The van der Waals surface area contributed by atoms with Gasteiger partial charge >= 0.3 is 0 Å². The fraction of sp³-hybridized carbons (Fsp3) is 0.400. The predicted octanol–water partition coefficient (Wildman–Crippen LogP) is 1.09. The number of fused-ring (bicyclic) bond motifs is 1. The first-order valence-electron chi connectivity index (χ1n) is 7.62. The normalized spacial score (nSPS) is 12.8. The van der Waals surface area contributed by atoms with Crippen molar-refractivity contribution in [1.29, 1.82) is 0 Å². The Morgan fingerprint density at radius 2 is 2.04 bits per heavy atom. The third-order valence-corrected chi connectivity index (χ3v) is 4.56. The number of thiophene rings is 1. The molecule has 9 heteroatoms. The zero-order chi connectivity index (χ0) is 16.1. The molecule has 3 rings (SSSR count). The van der Waals surface area contributed by atoms with Crippen LogP contribution in [0.25, 0.3) is 0 Å². The maximum absolute atomic E-state index is 12.2. The molecule has 1 aliphatic heterocycles. The second kappa shape index (κ2) is 8.81. The van der Waals surface area contributed by atoms with Gasteiger partial charge in [0.25, 0.3) is 11.8 Å². The fourth-order valence-corrected chi connectivity index (χ4v) is 3.12. The Hall–Kier alpha value is -1.90. The minimum Gasteiger partial charge on any atom is -0.351 e. The standard InChI is InChI=1S/C15H19N5O2S.ClH/c21-14(12-3-1-8-23-12)17-5-2-6-18-15(22)13-10-9-16-7-4-11(10)19-20-13;/h1,3,8,16H,2,4-7,9H2,(H,17,21)(H,18,22)(H,19,20);1H. The molecule has 0 fully saturated rings. The van der Waals surface area contributed by atoms with Gasteiger partial charge in [0.15, 0.2) is 5.69 Å². The molecule has 3 heterocycles. The monoisotopic (exact) mass is 369 g/mol. The first-order valence-corrected chi connectivity index (χ1v) is 8.50. The smallest absolute Gasteiger partial charge is 0.272 e. The van der Waals surface area contributed by atoms with Crippen LogP contribution in [0.15, 0.2) is 17.5 Å². The first kappa shape index (κ1) is 18.4. The summed E-state index contributed by atoms with van der Waals surface area (Å²) in [7, 11) is 0. The minimum absolute atomic E-state index is 0. The highest BCUT2D eigenvalue weighted by atomic mass is 35.5. The number of nitrogens with one attached hydrogen (secondary N) is 4. The van der Waals surface area contributed by atoms with Crippen LogP contribution in [0.1, 0.15) is 37.8 Å². The van der Waals surface area contributed by atoms with E-state index in [9.17, 15) is 9.59 Å². The number of halogens is 1. The minimum atomic E-state index is -0.171. The lowest BCUT2D eigenvalue weighted by Crippen LogP contribution is -2.31. The molecule has 0 saturated carbocycles. The lowest BCUT2D eigenvalue weighted by molar-refractivity contribution is 0.0947. The molecule has 7 nitrogen and oxygen atoms in total. The van der Waals surface area contributed by atoms with Gasteiger partial charge in [-0.3, -0.25) is 14.7 Å². The highest BCUT2D eigenvalue weighted by Gasteiger charge is 2.21. The summed E-state index contributed by atoms with van der Waals surface area (Å²) < 4.78 is 0. The van der Waals surface area contributed by atoms with Gasteiger partial charge in [-0.05, 0) is 17.9 Å². The van der Waals surface area contributed by atoms with E-state index >= 15 is 0 Å². The lowest BCUT2D eigenvalue weighted by atomic mass is 10.1. The number of rotatable bonds is 6. The molecule has 0 saturated heterocycles. The van der Waals surface area contributed by atoms with E-state index in [1.54, 1.807) is 6.07 Å². The summed E-state index contributed by atoms with van der Waals surface area (Å²) in [6.45, 7) is 2.60. The van der Waals surface area contributed by atoms with Crippen molar-refractivity contribution in [2.45, 2.75) is 19.4 Å². The van der Waals surface area contributed by atoms with E-state index in [0.717, 1.165) is 24.2 Å². The van der Waals surface area contributed by atoms with Gasteiger partial charge in [-0.1, -0.05) is 6.07 Å². The van der Waals surface area contributed by atoms with Crippen molar-refractivity contribution in [3.8, 4) is 0 Å². The van der Waals surface area contributed by atoms with Crippen LogP contribution in [0.4, 0.5) is 0 Å². The van der Waals surface area contributed by atoms with Gasteiger partial charge in [-0.25, -0.2) is 0 Å². The van der Waals surface area contributed by atoms with Crippen LogP contribution in [-0.2, 0) is 13.0 Å². The molecule has 0 unspecified atom stereocenters. The van der Waals surface area contributed by atoms with E-state index in [0.29, 0.717) is 36.6 Å². The number of aromatic nitrogens is 2. The van der Waals surface area contributed by atoms with Gasteiger partial charge in [0.2, 0.25) is 0 Å². The van der Waals surface area contributed by atoms with Gasteiger partial charge in [0.05, 0.1) is 4.88 Å². The van der Waals surface area contributed by atoms with Gasteiger partial charge in [0.1, 0.15) is 0 Å². The molecule has 2 aromatic rings. The Morgan fingerprint density at radius 1 is 1.25 bits per heavy atom. The molecule has 0 aromatic carbocycles. The van der Waals surface area contributed by atoms with Crippen molar-refractivity contribution in [2.75, 3.05) is 19.6 Å². The molecule has 1 aliphatic rings. The Labute approximate surface area is 150 Å². The summed E-state index contributed by atoms with van der Waals surface area (Å²) in [6.07, 6.45) is 1.54. The van der Waals surface area contributed by atoms with Crippen molar-refractivity contribution in [3.63, 3.8) is 0 Å². The molecule has 0 bridgehead atoms. The van der Waals surface area contributed by atoms with Crippen LogP contribution in [0.3, 0.4) is 0 Å². The topological polar surface area (TPSA) is 98.9 Å². The second-order valence-corrected chi connectivity index (χ2v) is 6.25. The number of hydrogen-bond acceptors (Lipinski definition) is 5. The molecular weight excluding hydrogens is 350 g/mol. The molecule has 0 atom stereocenters. The van der Waals surface area contributed by atoms with E-state index in [4.69, 9.17) is 0 Å². The predicted molar refractivity (Wildman–Crippen MR) is 94.8 cm³/mol. The van der Waals surface area contributed by atoms with Crippen molar-refractivity contribution < 1.29 is 9.59 Å². The van der Waals surface area contributed by atoms with Gasteiger partial charge < -0.3 is 16.0 Å². The maximum atomic E-state index is 12.2. The van der Waals surface area contributed by atoms with Crippen LogP contribution < -0.4 is 16.0 Å². The zero-order valence-electron chi connectivity index (χ0n) is 13.1. The number of nitrogens with zero attached hydrogens (tertiary/aromatic N) is 1. The van der Waals surface area contributed by atoms with Crippen molar-refractivity contribution in [3.05, 3.63) is 39.3 Å². The van der Waals surface area contributed by atoms with Crippen LogP contribution in [-0.4, -0.2) is 41.6 Å². The van der Waals surface area contributed by atoms with E-state index in [1.807, 2.05) is 11.4 Å². The zero-order valence-corrected chi connectivity index (χ0v) is 14.7. The van der Waals surface area contributed by atoms with E-state index in [2.05, 4.69) is 26.1 Å². The van der Waals surface area contributed by atoms with Gasteiger partial charge in [-0.2, -0.15) is 5.10 Å². The summed E-state index contributed by atoms with van der Waals surface area (Å²) in [6, 6.07) is 3.63. The highest BCUT2D eigenvalue weighted by Crippen LogP contribution is 2.14. The van der Waals surface area contributed by atoms with Gasteiger partial charge in [0, 0.05) is 43.9 Å². The number of amides is 2. The van der Waals surface area contributed by atoms with E-state index in [-0.39, 0.29) is 24.2 Å². The number of H-pyrrole nitrogens is 1. The Kier molecular flexibility index (Phi) is 6.77. The average Bonchev–Trinajstić information content (AvgIpc) is 3.23. The van der Waals surface area contributed by atoms with Gasteiger partial charge in [-0.15, -0.1) is 23.7 Å². The van der Waals surface area contributed by atoms with E-state index in [1.165, 1.54) is 11.3 Å². The summed E-state index contributed by atoms with van der Waals surface area (Å²) in [5.74, 6) is -0.241.